The molecule has 1 saturated heterocycles. The molecular formula is C14H19NO3. The Balaban J connectivity index is 2.17. The Kier molecular flexibility index (Phi) is 3.99. The van der Waals surface area contributed by atoms with Gasteiger partial charge in [-0.05, 0) is 25.0 Å². The van der Waals surface area contributed by atoms with E-state index in [9.17, 15) is 4.79 Å². The van der Waals surface area contributed by atoms with Gasteiger partial charge < -0.3 is 14.7 Å². The highest BCUT2D eigenvalue weighted by molar-refractivity contribution is 5.77. The second kappa shape index (κ2) is 5.50. The minimum Gasteiger partial charge on any atom is -0.387 e. The summed E-state index contributed by atoms with van der Waals surface area (Å²) in [6, 6.07) is 8.04. The highest BCUT2D eigenvalue weighted by atomic mass is 16.5. The Labute approximate surface area is 107 Å². The van der Waals surface area contributed by atoms with Crippen LogP contribution >= 0.6 is 0 Å². The molecule has 1 amide bonds. The van der Waals surface area contributed by atoms with Gasteiger partial charge in [0, 0.05) is 0 Å². The molecule has 18 heavy (non-hydrogen) atoms. The molecule has 4 heteroatoms. The molecule has 1 aliphatic heterocycles. The summed E-state index contributed by atoms with van der Waals surface area (Å²) in [7, 11) is 0. The molecule has 0 saturated carbocycles. The highest BCUT2D eigenvalue weighted by Gasteiger charge is 2.30. The van der Waals surface area contributed by atoms with Crippen LogP contribution in [0, 0.1) is 6.92 Å². The van der Waals surface area contributed by atoms with Crippen molar-refractivity contribution in [2.24, 2.45) is 0 Å². The lowest BCUT2D eigenvalue weighted by Gasteiger charge is -2.38. The average Bonchev–Trinajstić information content (AvgIpc) is 2.39. The van der Waals surface area contributed by atoms with Crippen LogP contribution in [0.3, 0.4) is 0 Å². The smallest absolute Gasteiger partial charge is 0.248 e. The van der Waals surface area contributed by atoms with Crippen LogP contribution in [0.25, 0.3) is 0 Å². The van der Waals surface area contributed by atoms with E-state index >= 15 is 0 Å². The molecule has 2 unspecified atom stereocenters. The minimum absolute atomic E-state index is 0.0184. The molecule has 1 fully saturated rings. The molecule has 1 aromatic carbocycles. The zero-order chi connectivity index (χ0) is 13.1. The lowest BCUT2D eigenvalue weighted by molar-refractivity contribution is -0.147. The fraction of sp³-hybridized carbons (Fsp3) is 0.500. The van der Waals surface area contributed by atoms with E-state index in [0.717, 1.165) is 11.1 Å². The second-order valence-corrected chi connectivity index (χ2v) is 4.73. The first-order valence-electron chi connectivity index (χ1n) is 6.21. The van der Waals surface area contributed by atoms with Crippen LogP contribution in [0.4, 0.5) is 0 Å². The van der Waals surface area contributed by atoms with Crippen LogP contribution < -0.4 is 0 Å². The Bertz CT molecular complexity index is 433. The molecule has 1 heterocycles. The summed E-state index contributed by atoms with van der Waals surface area (Å²) in [4.78, 5) is 13.4. The molecular weight excluding hydrogens is 230 g/mol. The van der Waals surface area contributed by atoms with E-state index in [2.05, 4.69) is 0 Å². The van der Waals surface area contributed by atoms with Crippen molar-refractivity contribution in [3.63, 3.8) is 0 Å². The number of benzene rings is 1. The van der Waals surface area contributed by atoms with Gasteiger partial charge >= 0.3 is 0 Å². The van der Waals surface area contributed by atoms with Crippen molar-refractivity contribution in [1.29, 1.82) is 0 Å². The van der Waals surface area contributed by atoms with Crippen molar-refractivity contribution in [2.45, 2.75) is 26.0 Å². The van der Waals surface area contributed by atoms with Gasteiger partial charge in [0.15, 0.2) is 0 Å². The first-order valence-corrected chi connectivity index (χ1v) is 6.21. The van der Waals surface area contributed by atoms with Crippen LogP contribution in [-0.4, -0.2) is 41.7 Å². The summed E-state index contributed by atoms with van der Waals surface area (Å²) in [6.45, 7) is 4.54. The number of carbonyl (C=O) groups is 1. The molecule has 0 aromatic heterocycles. The van der Waals surface area contributed by atoms with Gasteiger partial charge in [0.05, 0.1) is 19.2 Å². The monoisotopic (exact) mass is 249 g/mol. The molecule has 0 aliphatic carbocycles. The van der Waals surface area contributed by atoms with Gasteiger partial charge in [0.1, 0.15) is 12.7 Å². The summed E-state index contributed by atoms with van der Waals surface area (Å²) in [5.41, 5.74) is 2.27. The number of ether oxygens (including phenoxy) is 1. The van der Waals surface area contributed by atoms with E-state index in [1.54, 1.807) is 4.90 Å². The maximum absolute atomic E-state index is 11.7. The third kappa shape index (κ3) is 2.54. The van der Waals surface area contributed by atoms with Gasteiger partial charge in [-0.25, -0.2) is 0 Å². The van der Waals surface area contributed by atoms with Crippen molar-refractivity contribution in [3.05, 3.63) is 35.4 Å². The molecule has 2 atom stereocenters. The van der Waals surface area contributed by atoms with Crippen LogP contribution in [-0.2, 0) is 9.53 Å². The van der Waals surface area contributed by atoms with E-state index in [1.165, 1.54) is 0 Å². The SMILES string of the molecule is Cc1ccccc1C1CN(C(=O)CO)C(C)CO1. The van der Waals surface area contributed by atoms with Crippen molar-refractivity contribution in [1.82, 2.24) is 4.90 Å². The van der Waals surface area contributed by atoms with E-state index in [1.807, 2.05) is 38.1 Å². The second-order valence-electron chi connectivity index (χ2n) is 4.73. The Morgan fingerprint density at radius 3 is 2.89 bits per heavy atom. The summed E-state index contributed by atoms with van der Waals surface area (Å²) < 4.78 is 5.81. The molecule has 1 aromatic rings. The summed E-state index contributed by atoms with van der Waals surface area (Å²) >= 11 is 0. The Morgan fingerprint density at radius 2 is 2.22 bits per heavy atom. The summed E-state index contributed by atoms with van der Waals surface area (Å²) in [5, 5.41) is 8.98. The number of carbonyl (C=O) groups excluding carboxylic acids is 1. The zero-order valence-electron chi connectivity index (χ0n) is 10.8. The maximum atomic E-state index is 11.7. The molecule has 1 aliphatic rings. The number of aliphatic hydroxyl groups is 1. The highest BCUT2D eigenvalue weighted by Crippen LogP contribution is 2.27. The van der Waals surface area contributed by atoms with Crippen molar-refractivity contribution in [2.75, 3.05) is 19.8 Å². The average molecular weight is 249 g/mol. The van der Waals surface area contributed by atoms with Gasteiger partial charge in [-0.1, -0.05) is 24.3 Å². The van der Waals surface area contributed by atoms with Gasteiger partial charge in [-0.15, -0.1) is 0 Å². The summed E-state index contributed by atoms with van der Waals surface area (Å²) in [5.74, 6) is -0.232. The molecule has 1 N–H and O–H groups in total. The number of aryl methyl sites for hydroxylation is 1. The number of hydrogen-bond acceptors (Lipinski definition) is 3. The predicted octanol–water partition coefficient (Wildman–Crippen LogP) is 1.28. The molecule has 0 radical (unpaired) electrons. The number of morpholine rings is 1. The standard InChI is InChI=1S/C14H19NO3/c1-10-5-3-4-6-12(10)13-7-15(14(17)8-16)11(2)9-18-13/h3-6,11,13,16H,7-9H2,1-2H3. The number of aliphatic hydroxyl groups excluding tert-OH is 1. The van der Waals surface area contributed by atoms with Crippen molar-refractivity contribution < 1.29 is 14.6 Å². The largest absolute Gasteiger partial charge is 0.387 e. The number of amides is 1. The van der Waals surface area contributed by atoms with Crippen LogP contribution in [0.5, 0.6) is 0 Å². The number of nitrogens with zero attached hydrogens (tertiary/aromatic N) is 1. The lowest BCUT2D eigenvalue weighted by Crippen LogP contribution is -2.49. The topological polar surface area (TPSA) is 49.8 Å². The summed E-state index contributed by atoms with van der Waals surface area (Å²) in [6.07, 6.45) is -0.0992. The zero-order valence-corrected chi connectivity index (χ0v) is 10.8. The maximum Gasteiger partial charge on any atom is 0.248 e. The van der Waals surface area contributed by atoms with E-state index in [-0.39, 0.29) is 18.1 Å². The van der Waals surface area contributed by atoms with E-state index < -0.39 is 6.61 Å². The van der Waals surface area contributed by atoms with Gasteiger partial charge in [-0.3, -0.25) is 4.79 Å². The minimum atomic E-state index is -0.440. The molecule has 98 valence electrons. The van der Waals surface area contributed by atoms with Crippen molar-refractivity contribution in [3.8, 4) is 0 Å². The molecule has 0 spiro atoms. The fourth-order valence-electron chi connectivity index (χ4n) is 2.33. The molecule has 0 bridgehead atoms. The van der Waals surface area contributed by atoms with E-state index in [4.69, 9.17) is 9.84 Å². The van der Waals surface area contributed by atoms with Gasteiger partial charge in [-0.2, -0.15) is 0 Å². The Morgan fingerprint density at radius 1 is 1.50 bits per heavy atom. The molecule has 2 rings (SSSR count). The predicted molar refractivity (Wildman–Crippen MR) is 68.1 cm³/mol. The number of hydrogen-bond donors (Lipinski definition) is 1. The van der Waals surface area contributed by atoms with Crippen LogP contribution in [0.15, 0.2) is 24.3 Å². The number of rotatable bonds is 2. The van der Waals surface area contributed by atoms with Gasteiger partial charge in [0.25, 0.3) is 0 Å². The van der Waals surface area contributed by atoms with Gasteiger partial charge in [0.2, 0.25) is 5.91 Å². The fourth-order valence-corrected chi connectivity index (χ4v) is 2.33. The first-order chi connectivity index (χ1) is 8.63. The third-order valence-corrected chi connectivity index (χ3v) is 3.42. The van der Waals surface area contributed by atoms with Crippen LogP contribution in [0.1, 0.15) is 24.2 Å². The quantitative estimate of drug-likeness (QED) is 0.859. The Hall–Kier alpha value is -1.39. The third-order valence-electron chi connectivity index (χ3n) is 3.42. The normalized spacial score (nSPS) is 24.1. The van der Waals surface area contributed by atoms with Crippen molar-refractivity contribution >= 4 is 5.91 Å². The first kappa shape index (κ1) is 13.1. The molecule has 4 nitrogen and oxygen atoms in total. The lowest BCUT2D eigenvalue weighted by atomic mass is 10.0. The van der Waals surface area contributed by atoms with E-state index in [0.29, 0.717) is 13.2 Å². The van der Waals surface area contributed by atoms with Crippen LogP contribution in [0.2, 0.25) is 0 Å².